The molecular weight excluding hydrogens is 509 g/mol. The molecule has 0 unspecified atom stereocenters. The van der Waals surface area contributed by atoms with Crippen molar-refractivity contribution in [2.45, 2.75) is 18.0 Å². The molecule has 0 radical (unpaired) electrons. The zero-order valence-electron chi connectivity index (χ0n) is 16.1. The second-order valence-corrected chi connectivity index (χ2v) is 8.75. The number of carbonyl (C=O) groups is 1. The highest BCUT2D eigenvalue weighted by Crippen LogP contribution is 2.30. The number of esters is 1. The number of allylic oxidation sites excluding steroid dienone is 1. The van der Waals surface area contributed by atoms with E-state index in [1.165, 1.54) is 24.3 Å². The van der Waals surface area contributed by atoms with E-state index in [-0.39, 0.29) is 23.0 Å². The lowest BCUT2D eigenvalue weighted by atomic mass is 10.2. The first-order valence-electron chi connectivity index (χ1n) is 8.44. The molecule has 0 bridgehead atoms. The first-order chi connectivity index (χ1) is 14.3. The van der Waals surface area contributed by atoms with Crippen LogP contribution in [0.5, 0.6) is 0 Å². The van der Waals surface area contributed by atoms with Gasteiger partial charge < -0.3 is 14.6 Å². The Labute approximate surface area is 183 Å². The van der Waals surface area contributed by atoms with Crippen LogP contribution >= 0.6 is 15.9 Å². The number of alkyl halides is 3. The molecule has 9 nitrogen and oxygen atoms in total. The summed E-state index contributed by atoms with van der Waals surface area (Å²) < 4.78 is 71.4. The highest BCUT2D eigenvalue weighted by atomic mass is 79.9. The third kappa shape index (κ3) is 6.37. The number of hydrogen-bond acceptors (Lipinski definition) is 9. The molecular formula is C17H16BrF3N4O5S. The highest BCUT2D eigenvalue weighted by Gasteiger charge is 2.38. The van der Waals surface area contributed by atoms with Crippen LogP contribution in [-0.4, -0.2) is 55.8 Å². The molecule has 168 valence electrons. The lowest BCUT2D eigenvalue weighted by molar-refractivity contribution is -0.141. The van der Waals surface area contributed by atoms with Gasteiger partial charge >= 0.3 is 12.1 Å². The average Bonchev–Trinajstić information content (AvgIpc) is 3.16. The van der Waals surface area contributed by atoms with Gasteiger partial charge in [0, 0.05) is 11.8 Å². The molecule has 0 aliphatic rings. The summed E-state index contributed by atoms with van der Waals surface area (Å²) in [7, 11) is -3.53. The maximum Gasteiger partial charge on any atom is 0.433 e. The van der Waals surface area contributed by atoms with Gasteiger partial charge in [0.15, 0.2) is 15.5 Å². The number of aromatic nitrogens is 2. The normalized spacial score (nSPS) is 12.8. The van der Waals surface area contributed by atoms with E-state index in [0.717, 1.165) is 6.26 Å². The van der Waals surface area contributed by atoms with Crippen molar-refractivity contribution < 1.29 is 35.6 Å². The van der Waals surface area contributed by atoms with E-state index < -0.39 is 50.2 Å². The summed E-state index contributed by atoms with van der Waals surface area (Å²) in [6.45, 7) is 1.08. The van der Waals surface area contributed by atoms with Crippen LogP contribution in [0, 0.1) is 5.41 Å². The van der Waals surface area contributed by atoms with Gasteiger partial charge in [0.2, 0.25) is 5.82 Å². The maximum absolute atomic E-state index is 13.0. The summed E-state index contributed by atoms with van der Waals surface area (Å²) in [5.41, 5.74) is -1.98. The predicted molar refractivity (Wildman–Crippen MR) is 107 cm³/mol. The van der Waals surface area contributed by atoms with Crippen LogP contribution in [-0.2, 0) is 19.4 Å². The topological polar surface area (TPSA) is 135 Å². The largest absolute Gasteiger partial charge is 0.465 e. The van der Waals surface area contributed by atoms with E-state index in [2.05, 4.69) is 31.4 Å². The number of benzene rings is 1. The molecule has 1 heterocycles. The number of ether oxygens (including phenoxy) is 1. The third-order valence-electron chi connectivity index (χ3n) is 3.60. The van der Waals surface area contributed by atoms with Crippen molar-refractivity contribution in [3.05, 3.63) is 34.6 Å². The Morgan fingerprint density at radius 2 is 2.03 bits per heavy atom. The van der Waals surface area contributed by atoms with Crippen molar-refractivity contribution in [2.75, 3.05) is 19.4 Å². The number of hydrogen-bond donors (Lipinski definition) is 2. The fourth-order valence-corrected chi connectivity index (χ4v) is 3.39. The number of halogens is 4. The molecule has 0 amide bonds. The fraction of sp³-hybridized carbons (Fsp3) is 0.294. The molecule has 14 heteroatoms. The van der Waals surface area contributed by atoms with Crippen LogP contribution in [0.25, 0.3) is 17.2 Å². The Hall–Kier alpha value is -2.74. The molecule has 2 aromatic rings. The zero-order chi connectivity index (χ0) is 23.4. The predicted octanol–water partition coefficient (Wildman–Crippen LogP) is 2.94. The SMILES string of the molecule is CCOC(=O)CN/C(=C(/Br)C(=N)C(F)(F)F)c1noc(-c2cccc(S(C)(=O)=O)c2)n1. The minimum Gasteiger partial charge on any atom is -0.465 e. The van der Waals surface area contributed by atoms with Gasteiger partial charge in [-0.3, -0.25) is 10.2 Å². The van der Waals surface area contributed by atoms with Gasteiger partial charge in [0.1, 0.15) is 12.2 Å². The van der Waals surface area contributed by atoms with Crippen LogP contribution in [0.15, 0.2) is 38.2 Å². The summed E-state index contributed by atoms with van der Waals surface area (Å²) in [6, 6.07) is 5.51. The molecule has 0 fully saturated rings. The molecule has 0 aliphatic carbocycles. The minimum atomic E-state index is -4.99. The summed E-state index contributed by atoms with van der Waals surface area (Å²) in [5.74, 6) is -1.34. The zero-order valence-corrected chi connectivity index (χ0v) is 18.5. The van der Waals surface area contributed by atoms with Gasteiger partial charge in [-0.05, 0) is 41.1 Å². The van der Waals surface area contributed by atoms with Crippen LogP contribution in [0.2, 0.25) is 0 Å². The van der Waals surface area contributed by atoms with E-state index in [1.54, 1.807) is 6.92 Å². The monoisotopic (exact) mass is 524 g/mol. The molecule has 0 spiro atoms. The highest BCUT2D eigenvalue weighted by molar-refractivity contribution is 9.12. The first-order valence-corrected chi connectivity index (χ1v) is 11.1. The molecule has 0 saturated heterocycles. The first kappa shape index (κ1) is 24.5. The molecule has 31 heavy (non-hydrogen) atoms. The van der Waals surface area contributed by atoms with Gasteiger partial charge in [0.05, 0.1) is 16.0 Å². The van der Waals surface area contributed by atoms with Crippen molar-refractivity contribution in [3.8, 4) is 11.5 Å². The summed E-state index contributed by atoms with van der Waals surface area (Å²) in [4.78, 5) is 15.6. The van der Waals surface area contributed by atoms with Crippen LogP contribution in [0.3, 0.4) is 0 Å². The Bertz CT molecular complexity index is 1130. The van der Waals surface area contributed by atoms with E-state index in [1.807, 2.05) is 0 Å². The van der Waals surface area contributed by atoms with Crippen molar-refractivity contribution in [2.24, 2.45) is 0 Å². The summed E-state index contributed by atoms with van der Waals surface area (Å²) >= 11 is 2.69. The lowest BCUT2D eigenvalue weighted by Crippen LogP contribution is -2.28. The Morgan fingerprint density at radius 3 is 2.61 bits per heavy atom. The Kier molecular flexibility index (Phi) is 7.59. The van der Waals surface area contributed by atoms with Crippen molar-refractivity contribution in [1.29, 1.82) is 5.41 Å². The summed E-state index contributed by atoms with van der Waals surface area (Å²) in [5, 5.41) is 13.3. The molecule has 1 aromatic heterocycles. The number of sulfone groups is 1. The number of nitrogens with zero attached hydrogens (tertiary/aromatic N) is 2. The van der Waals surface area contributed by atoms with E-state index in [9.17, 15) is 26.4 Å². The molecule has 1 aromatic carbocycles. The number of rotatable bonds is 8. The third-order valence-corrected chi connectivity index (χ3v) is 5.50. The Morgan fingerprint density at radius 1 is 1.35 bits per heavy atom. The molecule has 0 aliphatic heterocycles. The fourth-order valence-electron chi connectivity index (χ4n) is 2.18. The van der Waals surface area contributed by atoms with Crippen molar-refractivity contribution in [1.82, 2.24) is 15.5 Å². The molecule has 0 atom stereocenters. The van der Waals surface area contributed by atoms with E-state index in [0.29, 0.717) is 0 Å². The van der Waals surface area contributed by atoms with Gasteiger partial charge in [0.25, 0.3) is 5.89 Å². The molecule has 2 N–H and O–H groups in total. The van der Waals surface area contributed by atoms with Gasteiger partial charge in [-0.2, -0.15) is 18.2 Å². The Balaban J connectivity index is 2.48. The van der Waals surface area contributed by atoms with Gasteiger partial charge in [-0.25, -0.2) is 8.42 Å². The second kappa shape index (κ2) is 9.60. The number of carbonyl (C=O) groups excluding carboxylic acids is 1. The maximum atomic E-state index is 13.0. The van der Waals surface area contributed by atoms with Crippen LogP contribution in [0.4, 0.5) is 13.2 Å². The van der Waals surface area contributed by atoms with Crippen molar-refractivity contribution >= 4 is 43.1 Å². The van der Waals surface area contributed by atoms with Crippen LogP contribution in [0.1, 0.15) is 12.7 Å². The standard InChI is InChI=1S/C17H16BrF3N4O5S/c1-3-29-11(26)8-23-13(12(18)14(22)17(19,20)21)15-24-16(30-25-15)9-5-4-6-10(7-9)31(2,27)28/h4-7,22-23H,3,8H2,1-2H3/b13-12+,22-14?. The van der Waals surface area contributed by atoms with E-state index in [4.69, 9.17) is 14.7 Å². The van der Waals surface area contributed by atoms with Crippen molar-refractivity contribution in [3.63, 3.8) is 0 Å². The average molecular weight is 525 g/mol. The minimum absolute atomic E-state index is 0.0269. The van der Waals surface area contributed by atoms with Gasteiger partial charge in [-0.15, -0.1) is 0 Å². The lowest BCUT2D eigenvalue weighted by Gasteiger charge is -2.13. The second-order valence-electron chi connectivity index (χ2n) is 5.94. The van der Waals surface area contributed by atoms with Gasteiger partial charge in [-0.1, -0.05) is 11.2 Å². The summed E-state index contributed by atoms with van der Waals surface area (Å²) in [6.07, 6.45) is -3.99. The molecule has 2 rings (SSSR count). The molecule has 0 saturated carbocycles. The quantitative estimate of drug-likeness (QED) is 0.397. The smallest absolute Gasteiger partial charge is 0.433 e. The van der Waals surface area contributed by atoms with Crippen LogP contribution < -0.4 is 5.32 Å². The number of nitrogens with one attached hydrogen (secondary N) is 2. The van der Waals surface area contributed by atoms with E-state index >= 15 is 0 Å².